The Balaban J connectivity index is 1.50. The highest BCUT2D eigenvalue weighted by Crippen LogP contribution is 2.33. The number of benzene rings is 2. The molecule has 0 aliphatic carbocycles. The van der Waals surface area contributed by atoms with Crippen LogP contribution in [0.2, 0.25) is 0 Å². The van der Waals surface area contributed by atoms with E-state index in [0.717, 1.165) is 6.07 Å². The molecule has 0 bridgehead atoms. The van der Waals surface area contributed by atoms with E-state index < -0.39 is 29.9 Å². The van der Waals surface area contributed by atoms with Crippen molar-refractivity contribution in [3.05, 3.63) is 48.0 Å². The van der Waals surface area contributed by atoms with E-state index in [0.29, 0.717) is 12.2 Å². The number of amides is 3. The van der Waals surface area contributed by atoms with Gasteiger partial charge in [-0.1, -0.05) is 0 Å². The Kier molecular flexibility index (Phi) is 6.88. The summed E-state index contributed by atoms with van der Waals surface area (Å²) >= 11 is 0. The van der Waals surface area contributed by atoms with Crippen molar-refractivity contribution in [1.29, 1.82) is 0 Å². The number of hydrogen-bond acceptors (Lipinski definition) is 6. The molecule has 2 atom stereocenters. The molecule has 9 nitrogen and oxygen atoms in total. The SMILES string of the molecule is CC(=O)NC[C@@H]1CN(c2ccc(-c3ccc(N4C[C@H](CN(C)C)OC4=O)cc3F)c(F)c2)C(=O)O1. The highest BCUT2D eigenvalue weighted by atomic mass is 19.1. The quantitative estimate of drug-likeness (QED) is 0.645. The van der Waals surface area contributed by atoms with Gasteiger partial charge in [0.15, 0.2) is 0 Å². The van der Waals surface area contributed by atoms with Gasteiger partial charge in [-0.2, -0.15) is 0 Å². The minimum atomic E-state index is -0.723. The molecule has 0 aromatic heterocycles. The van der Waals surface area contributed by atoms with Crippen molar-refractivity contribution in [2.45, 2.75) is 19.1 Å². The molecular weight excluding hydrogens is 462 g/mol. The summed E-state index contributed by atoms with van der Waals surface area (Å²) in [5.41, 5.74) is 0.599. The van der Waals surface area contributed by atoms with Crippen LogP contribution in [0.15, 0.2) is 36.4 Å². The second-order valence-corrected chi connectivity index (χ2v) is 8.76. The van der Waals surface area contributed by atoms with Crippen molar-refractivity contribution < 1.29 is 32.6 Å². The maximum atomic E-state index is 15.0. The first-order chi connectivity index (χ1) is 16.6. The lowest BCUT2D eigenvalue weighted by molar-refractivity contribution is -0.119. The first-order valence-electron chi connectivity index (χ1n) is 11.1. The number of rotatable bonds is 7. The number of anilines is 2. The van der Waals surface area contributed by atoms with Crippen LogP contribution >= 0.6 is 0 Å². The van der Waals surface area contributed by atoms with Gasteiger partial charge >= 0.3 is 12.2 Å². The minimum absolute atomic E-state index is 0.00893. The molecule has 0 unspecified atom stereocenters. The summed E-state index contributed by atoms with van der Waals surface area (Å²) in [4.78, 5) is 40.0. The van der Waals surface area contributed by atoms with Crippen molar-refractivity contribution in [3.63, 3.8) is 0 Å². The highest BCUT2D eigenvalue weighted by Gasteiger charge is 2.34. The molecule has 2 aromatic carbocycles. The molecule has 35 heavy (non-hydrogen) atoms. The third-order valence-corrected chi connectivity index (χ3v) is 5.71. The summed E-state index contributed by atoms with van der Waals surface area (Å²) in [5, 5.41) is 2.57. The molecule has 3 amide bonds. The van der Waals surface area contributed by atoms with E-state index in [4.69, 9.17) is 9.47 Å². The molecule has 2 aromatic rings. The Bertz CT molecular complexity index is 1160. The third-order valence-electron chi connectivity index (χ3n) is 5.71. The van der Waals surface area contributed by atoms with E-state index in [9.17, 15) is 23.2 Å². The van der Waals surface area contributed by atoms with E-state index in [1.807, 2.05) is 19.0 Å². The zero-order valence-corrected chi connectivity index (χ0v) is 19.6. The summed E-state index contributed by atoms with van der Waals surface area (Å²) in [6.07, 6.45) is -2.11. The van der Waals surface area contributed by atoms with Gasteiger partial charge in [-0.15, -0.1) is 0 Å². The molecule has 2 fully saturated rings. The summed E-state index contributed by atoms with van der Waals surface area (Å²) in [7, 11) is 3.73. The number of cyclic esters (lactones) is 2. The minimum Gasteiger partial charge on any atom is -0.443 e. The Hall–Kier alpha value is -3.73. The maximum Gasteiger partial charge on any atom is 0.414 e. The fourth-order valence-electron chi connectivity index (χ4n) is 4.11. The van der Waals surface area contributed by atoms with E-state index in [1.165, 1.54) is 47.1 Å². The molecule has 11 heteroatoms. The van der Waals surface area contributed by atoms with Crippen molar-refractivity contribution >= 4 is 29.5 Å². The highest BCUT2D eigenvalue weighted by molar-refractivity contribution is 5.91. The normalized spacial score (nSPS) is 19.8. The molecule has 2 aliphatic rings. The van der Waals surface area contributed by atoms with Crippen LogP contribution in [-0.4, -0.2) is 75.5 Å². The Morgan fingerprint density at radius 1 is 0.943 bits per heavy atom. The standard InChI is InChI=1S/C24H26F2N4O5/c1-14(31)27-10-17-12-29(23(32)34-17)15-4-6-19(21(25)8-15)20-7-5-16(9-22(20)26)30-13-18(11-28(2)3)35-24(30)33/h4-9,17-18H,10-13H2,1-3H3,(H,27,31)/t17-,18+/m1/s1. The molecule has 0 spiro atoms. The Morgan fingerprint density at radius 2 is 1.43 bits per heavy atom. The first kappa shape index (κ1) is 24.4. The van der Waals surface area contributed by atoms with Gasteiger partial charge in [-0.3, -0.25) is 14.6 Å². The van der Waals surface area contributed by atoms with E-state index in [1.54, 1.807) is 0 Å². The van der Waals surface area contributed by atoms with Crippen LogP contribution < -0.4 is 15.1 Å². The summed E-state index contributed by atoms with van der Waals surface area (Å²) in [6.45, 7) is 2.47. The summed E-state index contributed by atoms with van der Waals surface area (Å²) in [6, 6.07) is 8.13. The van der Waals surface area contributed by atoms with Crippen LogP contribution in [-0.2, 0) is 14.3 Å². The molecule has 2 aliphatic heterocycles. The summed E-state index contributed by atoms with van der Waals surface area (Å²) in [5.74, 6) is -1.68. The number of hydrogen-bond donors (Lipinski definition) is 1. The average molecular weight is 488 g/mol. The monoisotopic (exact) mass is 488 g/mol. The fraction of sp³-hybridized carbons (Fsp3) is 0.375. The van der Waals surface area contributed by atoms with Crippen molar-refractivity contribution in [2.24, 2.45) is 0 Å². The van der Waals surface area contributed by atoms with Gasteiger partial charge in [0.05, 0.1) is 31.0 Å². The smallest absolute Gasteiger partial charge is 0.414 e. The topological polar surface area (TPSA) is 91.4 Å². The average Bonchev–Trinajstić information content (AvgIpc) is 3.33. The van der Waals surface area contributed by atoms with Crippen LogP contribution in [0.1, 0.15) is 6.92 Å². The number of ether oxygens (including phenoxy) is 2. The number of halogens is 2. The lowest BCUT2D eigenvalue weighted by Crippen LogP contribution is -2.33. The van der Waals surface area contributed by atoms with Crippen LogP contribution in [0.25, 0.3) is 11.1 Å². The molecule has 2 saturated heterocycles. The molecular formula is C24H26F2N4O5. The molecule has 0 radical (unpaired) electrons. The zero-order valence-electron chi connectivity index (χ0n) is 19.6. The third kappa shape index (κ3) is 5.35. The van der Waals surface area contributed by atoms with Gasteiger partial charge in [-0.25, -0.2) is 18.4 Å². The van der Waals surface area contributed by atoms with Crippen molar-refractivity contribution in [2.75, 3.05) is 50.1 Å². The lowest BCUT2D eigenvalue weighted by Gasteiger charge is -2.17. The van der Waals surface area contributed by atoms with Crippen LogP contribution in [0.4, 0.5) is 29.7 Å². The number of likely N-dealkylation sites (N-methyl/N-ethyl adjacent to an activating group) is 1. The molecule has 0 saturated carbocycles. The van der Waals surface area contributed by atoms with Gasteiger partial charge in [0.1, 0.15) is 23.8 Å². The first-order valence-corrected chi connectivity index (χ1v) is 11.1. The van der Waals surface area contributed by atoms with Gasteiger partial charge < -0.3 is 19.7 Å². The molecule has 2 heterocycles. The fourth-order valence-corrected chi connectivity index (χ4v) is 4.11. The maximum absolute atomic E-state index is 15.0. The van der Waals surface area contributed by atoms with Crippen LogP contribution in [0.5, 0.6) is 0 Å². The van der Waals surface area contributed by atoms with Crippen molar-refractivity contribution in [1.82, 2.24) is 10.2 Å². The molecule has 4 rings (SSSR count). The van der Waals surface area contributed by atoms with E-state index in [-0.39, 0.29) is 48.5 Å². The number of nitrogens with one attached hydrogen (secondary N) is 1. The predicted octanol–water partition coefficient (Wildman–Crippen LogP) is 2.98. The van der Waals surface area contributed by atoms with E-state index >= 15 is 0 Å². The Labute approximate surface area is 201 Å². The van der Waals surface area contributed by atoms with E-state index in [2.05, 4.69) is 5.32 Å². The van der Waals surface area contributed by atoms with Gasteiger partial charge in [0.25, 0.3) is 0 Å². The number of carbonyl (C=O) groups excluding carboxylic acids is 3. The largest absolute Gasteiger partial charge is 0.443 e. The lowest BCUT2D eigenvalue weighted by atomic mass is 10.0. The van der Waals surface area contributed by atoms with Crippen LogP contribution in [0.3, 0.4) is 0 Å². The molecule has 1 N–H and O–H groups in total. The molecule has 186 valence electrons. The number of nitrogens with zero attached hydrogens (tertiary/aromatic N) is 3. The van der Waals surface area contributed by atoms with Crippen molar-refractivity contribution in [3.8, 4) is 11.1 Å². The number of carbonyl (C=O) groups is 3. The zero-order chi connectivity index (χ0) is 25.3. The second kappa shape index (κ2) is 9.87. The summed E-state index contributed by atoms with van der Waals surface area (Å²) < 4.78 is 40.5. The van der Waals surface area contributed by atoms with Gasteiger partial charge in [-0.05, 0) is 50.5 Å². The van der Waals surface area contributed by atoms with Gasteiger partial charge in [0, 0.05) is 24.6 Å². The van der Waals surface area contributed by atoms with Crippen LogP contribution in [0, 0.1) is 11.6 Å². The predicted molar refractivity (Wildman–Crippen MR) is 124 cm³/mol. The second-order valence-electron chi connectivity index (χ2n) is 8.76. The Morgan fingerprint density at radius 3 is 1.89 bits per heavy atom. The van der Waals surface area contributed by atoms with Gasteiger partial charge in [0.2, 0.25) is 5.91 Å².